The summed E-state index contributed by atoms with van der Waals surface area (Å²) in [6, 6.07) is 6.87. The van der Waals surface area contributed by atoms with Crippen molar-refractivity contribution < 1.29 is 20.1 Å². The van der Waals surface area contributed by atoms with Crippen LogP contribution >= 0.6 is 11.8 Å². The average Bonchev–Trinajstić information content (AvgIpc) is 3.39. The molecule has 25 heavy (non-hydrogen) atoms. The quantitative estimate of drug-likeness (QED) is 0.439. The number of aromatic hydroxyl groups is 1. The first-order valence-electron chi connectivity index (χ1n) is 7.91. The van der Waals surface area contributed by atoms with E-state index in [1.807, 2.05) is 13.0 Å². The predicted octanol–water partition coefficient (Wildman–Crippen LogP) is 2.65. The van der Waals surface area contributed by atoms with Gasteiger partial charge in [0.05, 0.1) is 4.90 Å². The second-order valence-electron chi connectivity index (χ2n) is 6.00. The molecule has 0 radical (unpaired) electrons. The van der Waals surface area contributed by atoms with Gasteiger partial charge in [0, 0.05) is 28.7 Å². The Labute approximate surface area is 149 Å². The number of carboxylic acids is 1. The lowest BCUT2D eigenvalue weighted by atomic mass is 10.2. The largest absolute Gasteiger partial charge is 0.507 e. The van der Waals surface area contributed by atoms with Crippen LogP contribution in [0.15, 0.2) is 29.2 Å². The number of carboxylic acid groups (broad SMARTS) is 1. The summed E-state index contributed by atoms with van der Waals surface area (Å²) in [4.78, 5) is 20.1. The summed E-state index contributed by atoms with van der Waals surface area (Å²) >= 11 is 1.07. The molecule has 0 aliphatic heterocycles. The molecule has 2 aromatic rings. The van der Waals surface area contributed by atoms with E-state index in [0.717, 1.165) is 36.0 Å². The van der Waals surface area contributed by atoms with Gasteiger partial charge in [-0.15, -0.1) is 11.8 Å². The summed E-state index contributed by atoms with van der Waals surface area (Å²) in [5.41, 5.74) is 2.60. The lowest BCUT2D eigenvalue weighted by molar-refractivity contribution is -0.145. The lowest BCUT2D eigenvalue weighted by Crippen LogP contribution is -2.21. The van der Waals surface area contributed by atoms with Crippen molar-refractivity contribution in [3.63, 3.8) is 0 Å². The number of carbonyl (C=O) groups is 1. The van der Waals surface area contributed by atoms with Crippen molar-refractivity contribution in [1.82, 2.24) is 9.97 Å². The number of rotatable bonds is 7. The van der Waals surface area contributed by atoms with E-state index in [1.54, 1.807) is 12.1 Å². The minimum atomic E-state index is -1.48. The summed E-state index contributed by atoms with van der Waals surface area (Å²) in [6.07, 6.45) is 0.825. The highest BCUT2D eigenvalue weighted by Gasteiger charge is 2.25. The molecule has 1 aromatic heterocycles. The highest BCUT2D eigenvalue weighted by molar-refractivity contribution is 7.99. The SMILES string of the molecule is Cc1cc(C2CC2)nc(Nc2ccc(O)c(SCC(O)C(=O)O)c2)n1. The molecule has 0 saturated heterocycles. The monoisotopic (exact) mass is 361 g/mol. The highest BCUT2D eigenvalue weighted by Crippen LogP contribution is 2.39. The van der Waals surface area contributed by atoms with Gasteiger partial charge in [-0.2, -0.15) is 0 Å². The Balaban J connectivity index is 1.74. The van der Waals surface area contributed by atoms with Gasteiger partial charge in [-0.25, -0.2) is 14.8 Å². The standard InChI is InChI=1S/C17H19N3O4S/c1-9-6-12(10-2-3-10)20-17(18-9)19-11-4-5-13(21)15(7-11)25-8-14(22)16(23)24/h4-7,10,14,21-22H,2-3,8H2,1H3,(H,23,24)(H,18,19,20). The molecular formula is C17H19N3O4S. The van der Waals surface area contributed by atoms with Crippen LogP contribution in [0, 0.1) is 6.92 Å². The smallest absolute Gasteiger partial charge is 0.333 e. The van der Waals surface area contributed by atoms with Gasteiger partial charge in [-0.05, 0) is 44.0 Å². The Morgan fingerprint density at radius 3 is 2.80 bits per heavy atom. The number of nitrogens with one attached hydrogen (secondary N) is 1. The number of benzene rings is 1. The molecule has 1 aromatic carbocycles. The maximum atomic E-state index is 10.7. The molecule has 132 valence electrons. The van der Waals surface area contributed by atoms with Crippen LogP contribution in [0.4, 0.5) is 11.6 Å². The molecule has 0 spiro atoms. The highest BCUT2D eigenvalue weighted by atomic mass is 32.2. The Hall–Kier alpha value is -2.32. The van der Waals surface area contributed by atoms with Crippen molar-refractivity contribution in [2.75, 3.05) is 11.1 Å². The molecule has 1 unspecified atom stereocenters. The van der Waals surface area contributed by atoms with Gasteiger partial charge in [-0.1, -0.05) is 0 Å². The third kappa shape index (κ3) is 4.61. The van der Waals surface area contributed by atoms with Crippen molar-refractivity contribution >= 4 is 29.4 Å². The average molecular weight is 361 g/mol. The maximum absolute atomic E-state index is 10.7. The van der Waals surface area contributed by atoms with Gasteiger partial charge in [0.2, 0.25) is 5.95 Å². The lowest BCUT2D eigenvalue weighted by Gasteiger charge is -2.11. The number of thioether (sulfide) groups is 1. The summed E-state index contributed by atoms with van der Waals surface area (Å²) in [5, 5.41) is 31.1. The van der Waals surface area contributed by atoms with E-state index in [2.05, 4.69) is 15.3 Å². The number of aliphatic hydroxyl groups is 1. The number of hydrogen-bond acceptors (Lipinski definition) is 7. The van der Waals surface area contributed by atoms with E-state index >= 15 is 0 Å². The molecule has 1 aliphatic rings. The fraction of sp³-hybridized carbons (Fsp3) is 0.353. The minimum absolute atomic E-state index is 0.0250. The fourth-order valence-electron chi connectivity index (χ4n) is 2.31. The van der Waals surface area contributed by atoms with Crippen molar-refractivity contribution in [3.05, 3.63) is 35.7 Å². The minimum Gasteiger partial charge on any atom is -0.507 e. The number of aromatic nitrogens is 2. The second-order valence-corrected chi connectivity index (χ2v) is 7.07. The molecule has 1 fully saturated rings. The molecule has 1 saturated carbocycles. The van der Waals surface area contributed by atoms with Crippen LogP contribution in [0.1, 0.15) is 30.1 Å². The second kappa shape index (κ2) is 7.28. The van der Waals surface area contributed by atoms with Crippen LogP contribution < -0.4 is 5.32 Å². The Kier molecular flexibility index (Phi) is 5.10. The number of phenols is 1. The molecule has 1 aliphatic carbocycles. The molecule has 3 rings (SSSR count). The zero-order valence-electron chi connectivity index (χ0n) is 13.6. The maximum Gasteiger partial charge on any atom is 0.333 e. The third-order valence-electron chi connectivity index (χ3n) is 3.77. The third-order valence-corrected chi connectivity index (χ3v) is 4.89. The number of aliphatic carboxylic acids is 1. The first kappa shape index (κ1) is 17.5. The van der Waals surface area contributed by atoms with Gasteiger partial charge < -0.3 is 20.6 Å². The fourth-order valence-corrected chi connectivity index (χ4v) is 3.22. The van der Waals surface area contributed by atoms with Crippen molar-refractivity contribution in [1.29, 1.82) is 0 Å². The number of phenolic OH excluding ortho intramolecular Hbond substituents is 1. The first-order valence-corrected chi connectivity index (χ1v) is 8.90. The molecule has 8 heteroatoms. The van der Waals surface area contributed by atoms with E-state index in [4.69, 9.17) is 5.11 Å². The molecule has 0 amide bonds. The van der Waals surface area contributed by atoms with Gasteiger partial charge in [0.25, 0.3) is 0 Å². The van der Waals surface area contributed by atoms with E-state index in [-0.39, 0.29) is 11.5 Å². The summed E-state index contributed by atoms with van der Waals surface area (Å²) in [5.74, 6) is -0.308. The van der Waals surface area contributed by atoms with Gasteiger partial charge >= 0.3 is 5.97 Å². The number of aryl methyl sites for hydroxylation is 1. The van der Waals surface area contributed by atoms with Crippen LogP contribution in [0.3, 0.4) is 0 Å². The van der Waals surface area contributed by atoms with E-state index < -0.39 is 12.1 Å². The molecule has 7 nitrogen and oxygen atoms in total. The van der Waals surface area contributed by atoms with Gasteiger partial charge in [0.15, 0.2) is 6.10 Å². The van der Waals surface area contributed by atoms with Crippen molar-refractivity contribution in [2.45, 2.75) is 36.7 Å². The predicted molar refractivity (Wildman–Crippen MR) is 94.5 cm³/mol. The van der Waals surface area contributed by atoms with Crippen LogP contribution in [0.25, 0.3) is 0 Å². The normalized spacial score (nSPS) is 15.0. The molecular weight excluding hydrogens is 342 g/mol. The van der Waals surface area contributed by atoms with Gasteiger partial charge in [-0.3, -0.25) is 0 Å². The Morgan fingerprint density at radius 2 is 2.12 bits per heavy atom. The number of anilines is 2. The van der Waals surface area contributed by atoms with Crippen LogP contribution in [-0.2, 0) is 4.79 Å². The summed E-state index contributed by atoms with van der Waals surface area (Å²) in [6.45, 7) is 1.92. The zero-order chi connectivity index (χ0) is 18.0. The van der Waals surface area contributed by atoms with Crippen LogP contribution in [-0.4, -0.2) is 43.1 Å². The number of aliphatic hydroxyl groups excluding tert-OH is 1. The molecule has 0 bridgehead atoms. The summed E-state index contributed by atoms with van der Waals surface area (Å²) < 4.78 is 0. The topological polar surface area (TPSA) is 116 Å². The molecule has 1 atom stereocenters. The summed E-state index contributed by atoms with van der Waals surface area (Å²) in [7, 11) is 0. The first-order chi connectivity index (χ1) is 11.9. The number of hydrogen-bond donors (Lipinski definition) is 4. The van der Waals surface area contributed by atoms with Crippen LogP contribution in [0.5, 0.6) is 5.75 Å². The van der Waals surface area contributed by atoms with E-state index in [1.165, 1.54) is 6.07 Å². The van der Waals surface area contributed by atoms with Crippen LogP contribution in [0.2, 0.25) is 0 Å². The van der Waals surface area contributed by atoms with E-state index in [0.29, 0.717) is 22.4 Å². The molecule has 1 heterocycles. The van der Waals surface area contributed by atoms with Crippen molar-refractivity contribution in [3.8, 4) is 5.75 Å². The Bertz CT molecular complexity index is 795. The van der Waals surface area contributed by atoms with E-state index in [9.17, 15) is 15.0 Å². The molecule has 4 N–H and O–H groups in total. The van der Waals surface area contributed by atoms with Gasteiger partial charge in [0.1, 0.15) is 5.75 Å². The Morgan fingerprint density at radius 1 is 1.36 bits per heavy atom. The van der Waals surface area contributed by atoms with Crippen molar-refractivity contribution in [2.24, 2.45) is 0 Å². The zero-order valence-corrected chi connectivity index (χ0v) is 14.5. The number of nitrogens with zero attached hydrogens (tertiary/aromatic N) is 2.